The summed E-state index contributed by atoms with van der Waals surface area (Å²) in [4.78, 5) is 13.7. The Morgan fingerprint density at radius 1 is 1.47 bits per heavy atom. The average molecular weight is 243 g/mol. The Kier molecular flexibility index (Phi) is 4.80. The molecule has 4 nitrogen and oxygen atoms in total. The Morgan fingerprint density at radius 2 is 2.12 bits per heavy atom. The topological polar surface area (TPSA) is 49.8 Å². The molecule has 0 saturated carbocycles. The van der Waals surface area contributed by atoms with Crippen molar-refractivity contribution in [3.63, 3.8) is 0 Å². The summed E-state index contributed by atoms with van der Waals surface area (Å²) in [5.74, 6) is 0.504. The summed E-state index contributed by atoms with van der Waals surface area (Å²) in [5, 5.41) is 9.32. The molecule has 0 bridgehead atoms. The zero-order valence-corrected chi connectivity index (χ0v) is 11.4. The van der Waals surface area contributed by atoms with Crippen LogP contribution >= 0.6 is 0 Å². The molecule has 0 radical (unpaired) electrons. The van der Waals surface area contributed by atoms with Crippen molar-refractivity contribution < 1.29 is 14.6 Å². The number of likely N-dealkylation sites (tertiary alicyclic amines) is 1. The second-order valence-corrected chi connectivity index (χ2v) is 5.86. The van der Waals surface area contributed by atoms with E-state index in [1.807, 2.05) is 20.8 Å². The molecule has 0 aromatic rings. The molecule has 17 heavy (non-hydrogen) atoms. The molecular formula is C13H25NO3. The van der Waals surface area contributed by atoms with Crippen molar-refractivity contribution in [2.45, 2.75) is 58.6 Å². The maximum atomic E-state index is 12.0. The van der Waals surface area contributed by atoms with Crippen LogP contribution in [0, 0.1) is 5.92 Å². The third-order valence-corrected chi connectivity index (χ3v) is 3.04. The minimum atomic E-state index is -0.472. The molecule has 1 aliphatic rings. The number of ether oxygens (including phenoxy) is 1. The fourth-order valence-corrected chi connectivity index (χ4v) is 2.35. The number of nitrogens with zero attached hydrogens (tertiary/aromatic N) is 1. The van der Waals surface area contributed by atoms with E-state index in [-0.39, 0.29) is 18.7 Å². The van der Waals surface area contributed by atoms with E-state index in [1.165, 1.54) is 0 Å². The smallest absolute Gasteiger partial charge is 0.410 e. The molecule has 1 rings (SSSR count). The molecule has 0 spiro atoms. The van der Waals surface area contributed by atoms with E-state index in [4.69, 9.17) is 4.74 Å². The van der Waals surface area contributed by atoms with Gasteiger partial charge in [0.2, 0.25) is 0 Å². The van der Waals surface area contributed by atoms with Gasteiger partial charge in [-0.1, -0.05) is 13.3 Å². The Balaban J connectivity index is 2.59. The first kappa shape index (κ1) is 14.3. The molecule has 1 aliphatic heterocycles. The van der Waals surface area contributed by atoms with Gasteiger partial charge in [0.05, 0.1) is 12.6 Å². The van der Waals surface area contributed by atoms with Gasteiger partial charge >= 0.3 is 6.09 Å². The first-order valence-corrected chi connectivity index (χ1v) is 6.47. The number of carbonyl (C=O) groups is 1. The van der Waals surface area contributed by atoms with E-state index in [2.05, 4.69) is 6.92 Å². The number of rotatable bonds is 3. The molecule has 1 N–H and O–H groups in total. The Bertz CT molecular complexity index is 260. The third-order valence-electron chi connectivity index (χ3n) is 3.04. The molecule has 4 heteroatoms. The van der Waals surface area contributed by atoms with Crippen molar-refractivity contribution in [1.82, 2.24) is 4.90 Å². The zero-order valence-electron chi connectivity index (χ0n) is 11.4. The van der Waals surface area contributed by atoms with Crippen molar-refractivity contribution >= 4 is 6.09 Å². The van der Waals surface area contributed by atoms with Gasteiger partial charge in [0, 0.05) is 6.54 Å². The molecule has 1 saturated heterocycles. The first-order valence-electron chi connectivity index (χ1n) is 6.47. The summed E-state index contributed by atoms with van der Waals surface area (Å²) < 4.78 is 5.36. The van der Waals surface area contributed by atoms with Crippen molar-refractivity contribution in [2.75, 3.05) is 13.2 Å². The van der Waals surface area contributed by atoms with E-state index in [0.717, 1.165) is 19.3 Å². The highest BCUT2D eigenvalue weighted by Crippen LogP contribution is 2.28. The predicted octanol–water partition coefficient (Wildman–Crippen LogP) is 2.40. The monoisotopic (exact) mass is 243 g/mol. The fraction of sp³-hybridized carbons (Fsp3) is 0.923. The molecule has 2 atom stereocenters. The summed E-state index contributed by atoms with van der Waals surface area (Å²) in [7, 11) is 0. The average Bonchev–Trinajstić information content (AvgIpc) is 2.59. The molecule has 100 valence electrons. The van der Waals surface area contributed by atoms with Crippen LogP contribution in [0.3, 0.4) is 0 Å². The van der Waals surface area contributed by atoms with Crippen LogP contribution in [0.15, 0.2) is 0 Å². The Labute approximate surface area is 104 Å². The largest absolute Gasteiger partial charge is 0.444 e. The van der Waals surface area contributed by atoms with Crippen molar-refractivity contribution in [3.05, 3.63) is 0 Å². The number of aliphatic hydroxyl groups is 1. The van der Waals surface area contributed by atoms with Crippen LogP contribution in [-0.4, -0.2) is 40.9 Å². The second-order valence-electron chi connectivity index (χ2n) is 5.86. The predicted molar refractivity (Wildman–Crippen MR) is 66.8 cm³/mol. The van der Waals surface area contributed by atoms with E-state index < -0.39 is 5.60 Å². The number of carbonyl (C=O) groups excluding carboxylic acids is 1. The molecule has 0 aliphatic carbocycles. The minimum Gasteiger partial charge on any atom is -0.444 e. The number of hydrogen-bond acceptors (Lipinski definition) is 3. The lowest BCUT2D eigenvalue weighted by atomic mass is 10.0. The molecule has 1 heterocycles. The van der Waals surface area contributed by atoms with Crippen LogP contribution in [-0.2, 0) is 4.74 Å². The number of amides is 1. The van der Waals surface area contributed by atoms with Crippen molar-refractivity contribution in [2.24, 2.45) is 5.92 Å². The molecule has 1 amide bonds. The van der Waals surface area contributed by atoms with Crippen LogP contribution in [0.5, 0.6) is 0 Å². The summed E-state index contributed by atoms with van der Waals surface area (Å²) >= 11 is 0. The van der Waals surface area contributed by atoms with Crippen LogP contribution < -0.4 is 0 Å². The third kappa shape index (κ3) is 4.19. The van der Waals surface area contributed by atoms with Gasteiger partial charge in [-0.05, 0) is 39.5 Å². The lowest BCUT2D eigenvalue weighted by Crippen LogP contribution is -2.41. The maximum Gasteiger partial charge on any atom is 0.410 e. The van der Waals surface area contributed by atoms with Gasteiger partial charge in [-0.2, -0.15) is 0 Å². The zero-order chi connectivity index (χ0) is 13.1. The molecule has 0 unspecified atom stereocenters. The molecule has 0 aromatic heterocycles. The quantitative estimate of drug-likeness (QED) is 0.828. The van der Waals surface area contributed by atoms with Crippen molar-refractivity contribution in [1.29, 1.82) is 0 Å². The minimum absolute atomic E-state index is 0.0272. The first-order chi connectivity index (χ1) is 7.87. The van der Waals surface area contributed by atoms with E-state index >= 15 is 0 Å². The fourth-order valence-electron chi connectivity index (χ4n) is 2.35. The van der Waals surface area contributed by atoms with Gasteiger partial charge in [-0.3, -0.25) is 0 Å². The number of hydrogen-bond donors (Lipinski definition) is 1. The van der Waals surface area contributed by atoms with E-state index in [0.29, 0.717) is 12.5 Å². The summed E-state index contributed by atoms with van der Waals surface area (Å²) in [6.07, 6.45) is 2.82. The highest BCUT2D eigenvalue weighted by molar-refractivity contribution is 5.69. The van der Waals surface area contributed by atoms with Gasteiger partial charge in [-0.25, -0.2) is 4.79 Å². The van der Waals surface area contributed by atoms with Crippen LogP contribution in [0.2, 0.25) is 0 Å². The molecular weight excluding hydrogens is 218 g/mol. The van der Waals surface area contributed by atoms with E-state index in [9.17, 15) is 9.90 Å². The molecule has 0 aromatic carbocycles. The second kappa shape index (κ2) is 5.71. The summed E-state index contributed by atoms with van der Waals surface area (Å²) in [5.41, 5.74) is -0.472. The SMILES string of the molecule is CCC[C@@H]1C[C@@H](CO)N(C(=O)OC(C)(C)C)C1. The van der Waals surface area contributed by atoms with Crippen molar-refractivity contribution in [3.8, 4) is 0 Å². The van der Waals surface area contributed by atoms with E-state index in [1.54, 1.807) is 4.90 Å². The van der Waals surface area contributed by atoms with Crippen LogP contribution in [0.1, 0.15) is 47.0 Å². The highest BCUT2D eigenvalue weighted by atomic mass is 16.6. The van der Waals surface area contributed by atoms with Gasteiger partial charge in [-0.15, -0.1) is 0 Å². The lowest BCUT2D eigenvalue weighted by molar-refractivity contribution is 0.0172. The summed E-state index contributed by atoms with van der Waals surface area (Å²) in [6, 6.07) is -0.0681. The van der Waals surface area contributed by atoms with Crippen LogP contribution in [0.25, 0.3) is 0 Å². The van der Waals surface area contributed by atoms with Gasteiger partial charge in [0.15, 0.2) is 0 Å². The summed E-state index contributed by atoms with van der Waals surface area (Å²) in [6.45, 7) is 8.47. The number of aliphatic hydroxyl groups excluding tert-OH is 1. The lowest BCUT2D eigenvalue weighted by Gasteiger charge is -2.27. The standard InChI is InChI=1S/C13H25NO3/c1-5-6-10-7-11(9-15)14(8-10)12(16)17-13(2,3)4/h10-11,15H,5-9H2,1-4H3/t10-,11+/m1/s1. The van der Waals surface area contributed by atoms with Gasteiger partial charge < -0.3 is 14.7 Å². The normalized spacial score (nSPS) is 25.1. The Hall–Kier alpha value is -0.770. The maximum absolute atomic E-state index is 12.0. The van der Waals surface area contributed by atoms with Gasteiger partial charge in [0.25, 0.3) is 0 Å². The molecule has 1 fully saturated rings. The Morgan fingerprint density at radius 3 is 2.59 bits per heavy atom. The van der Waals surface area contributed by atoms with Gasteiger partial charge in [0.1, 0.15) is 5.60 Å². The highest BCUT2D eigenvalue weighted by Gasteiger charge is 2.36. The van der Waals surface area contributed by atoms with Crippen LogP contribution in [0.4, 0.5) is 4.79 Å².